The molecule has 0 aliphatic heterocycles. The number of nitrogens with zero attached hydrogens (tertiary/aromatic N) is 3. The van der Waals surface area contributed by atoms with Crippen LogP contribution in [0.2, 0.25) is 0 Å². The summed E-state index contributed by atoms with van der Waals surface area (Å²) < 4.78 is 45.2. The maximum absolute atomic E-state index is 14.2. The van der Waals surface area contributed by atoms with E-state index in [-0.39, 0.29) is 41.5 Å². The van der Waals surface area contributed by atoms with Crippen molar-refractivity contribution < 1.29 is 22.3 Å². The zero-order chi connectivity index (χ0) is 24.1. The summed E-state index contributed by atoms with van der Waals surface area (Å²) in [7, 11) is -2.05. The van der Waals surface area contributed by atoms with E-state index >= 15 is 0 Å². The van der Waals surface area contributed by atoms with Crippen LogP contribution < -0.4 is 9.64 Å². The van der Waals surface area contributed by atoms with Gasteiger partial charge in [-0.3, -0.25) is 14.7 Å². The second-order valence-electron chi connectivity index (χ2n) is 7.52. The Balaban J connectivity index is 1.51. The lowest BCUT2D eigenvalue weighted by Crippen LogP contribution is -2.30. The number of ether oxygens (including phenoxy) is 1. The van der Waals surface area contributed by atoms with E-state index in [9.17, 15) is 17.6 Å². The Morgan fingerprint density at radius 2 is 1.82 bits per heavy atom. The summed E-state index contributed by atoms with van der Waals surface area (Å²) >= 11 is 1.21. The maximum Gasteiger partial charge on any atom is 0.229 e. The molecule has 176 valence electrons. The van der Waals surface area contributed by atoms with Crippen LogP contribution in [0.4, 0.5) is 9.52 Å². The highest BCUT2D eigenvalue weighted by Gasteiger charge is 2.22. The summed E-state index contributed by atoms with van der Waals surface area (Å²) in [6.45, 7) is 0.216. The molecule has 0 saturated carbocycles. The molecule has 0 fully saturated rings. The minimum absolute atomic E-state index is 0.00112. The zero-order valence-electron chi connectivity index (χ0n) is 18.3. The fourth-order valence-electron chi connectivity index (χ4n) is 3.40. The van der Waals surface area contributed by atoms with Crippen molar-refractivity contribution in [2.75, 3.05) is 17.8 Å². The molecule has 0 spiro atoms. The molecule has 2 aromatic carbocycles. The van der Waals surface area contributed by atoms with Gasteiger partial charge in [0.1, 0.15) is 17.1 Å². The molecule has 0 bridgehead atoms. The Bertz CT molecular complexity index is 1390. The summed E-state index contributed by atoms with van der Waals surface area (Å²) in [4.78, 5) is 23.2. The Morgan fingerprint density at radius 1 is 1.09 bits per heavy atom. The molecule has 0 radical (unpaired) electrons. The molecule has 1 amide bonds. The molecule has 4 rings (SSSR count). The van der Waals surface area contributed by atoms with Crippen molar-refractivity contribution >= 4 is 42.4 Å². The van der Waals surface area contributed by atoms with Gasteiger partial charge in [0.25, 0.3) is 0 Å². The smallest absolute Gasteiger partial charge is 0.229 e. The average molecular weight is 500 g/mol. The molecule has 2 aromatic heterocycles. The first-order chi connectivity index (χ1) is 16.4. The number of carbonyl (C=O) groups excluding carboxylic acids is 1. The number of aromatic nitrogens is 2. The largest absolute Gasteiger partial charge is 0.497 e. The lowest BCUT2D eigenvalue weighted by Gasteiger charge is -2.20. The first kappa shape index (κ1) is 23.8. The number of halogens is 1. The van der Waals surface area contributed by atoms with Gasteiger partial charge < -0.3 is 4.74 Å². The zero-order valence-corrected chi connectivity index (χ0v) is 20.0. The van der Waals surface area contributed by atoms with Crippen LogP contribution in [0, 0.1) is 5.82 Å². The van der Waals surface area contributed by atoms with Crippen LogP contribution in [0.3, 0.4) is 0 Å². The van der Waals surface area contributed by atoms with Crippen molar-refractivity contribution in [3.63, 3.8) is 0 Å². The van der Waals surface area contributed by atoms with E-state index in [1.807, 2.05) is 0 Å². The van der Waals surface area contributed by atoms with Crippen LogP contribution in [0.25, 0.3) is 10.2 Å². The highest BCUT2D eigenvalue weighted by molar-refractivity contribution is 7.91. The van der Waals surface area contributed by atoms with Gasteiger partial charge in [-0.2, -0.15) is 0 Å². The Hall–Kier alpha value is -3.37. The molecule has 0 N–H and O–H groups in total. The summed E-state index contributed by atoms with van der Waals surface area (Å²) in [5.41, 5.74) is 1.03. The Labute approximate surface area is 200 Å². The topological polar surface area (TPSA) is 89.5 Å². The maximum atomic E-state index is 14.2. The third-order valence-electron chi connectivity index (χ3n) is 5.20. The number of pyridine rings is 1. The fraction of sp³-hybridized carbons (Fsp3) is 0.208. The van der Waals surface area contributed by atoms with Crippen molar-refractivity contribution in [1.29, 1.82) is 0 Å². The highest BCUT2D eigenvalue weighted by Crippen LogP contribution is 2.31. The minimum Gasteiger partial charge on any atom is -0.497 e. The molecule has 7 nitrogen and oxygen atoms in total. The fourth-order valence-corrected chi connectivity index (χ4v) is 5.71. The van der Waals surface area contributed by atoms with Crippen LogP contribution in [-0.2, 0) is 21.2 Å². The lowest BCUT2D eigenvalue weighted by molar-refractivity contribution is -0.118. The molecule has 0 atom stereocenters. The number of methoxy groups -OCH3 is 1. The Kier molecular flexibility index (Phi) is 7.18. The number of sulfone groups is 1. The number of amides is 1. The molecule has 4 aromatic rings. The first-order valence-corrected chi connectivity index (χ1v) is 13.0. The van der Waals surface area contributed by atoms with E-state index in [1.165, 1.54) is 41.5 Å². The van der Waals surface area contributed by atoms with Gasteiger partial charge >= 0.3 is 0 Å². The number of hydrogen-bond donors (Lipinski definition) is 0. The van der Waals surface area contributed by atoms with Gasteiger partial charge in [0.15, 0.2) is 15.0 Å². The summed E-state index contributed by atoms with van der Waals surface area (Å²) in [6, 6.07) is 14.4. The van der Waals surface area contributed by atoms with Crippen LogP contribution in [0.5, 0.6) is 5.75 Å². The molecule has 10 heteroatoms. The van der Waals surface area contributed by atoms with E-state index in [4.69, 9.17) is 4.74 Å². The van der Waals surface area contributed by atoms with E-state index in [1.54, 1.807) is 48.8 Å². The van der Waals surface area contributed by atoms with Gasteiger partial charge in [0, 0.05) is 18.8 Å². The molecule has 0 aliphatic rings. The van der Waals surface area contributed by atoms with Crippen molar-refractivity contribution in [3.05, 3.63) is 78.4 Å². The number of fused-ring (bicyclic) bond motifs is 1. The molecular weight excluding hydrogens is 477 g/mol. The van der Waals surface area contributed by atoms with Gasteiger partial charge in [0.2, 0.25) is 5.91 Å². The van der Waals surface area contributed by atoms with Gasteiger partial charge in [-0.1, -0.05) is 17.4 Å². The number of benzene rings is 2. The standard InChI is InChI=1S/C24H22FN3O4S2/c1-32-18-7-9-19(10-8-18)34(30,31)15-3-6-22(29)28(16-17-11-13-26-14-12-17)24-27-23-20(25)4-2-5-21(23)33-24/h2,4-5,7-14H,3,6,15-16H2,1H3. The number of thiazole rings is 1. The molecule has 2 heterocycles. The van der Waals surface area contributed by atoms with Crippen molar-refractivity contribution in [2.45, 2.75) is 24.3 Å². The van der Waals surface area contributed by atoms with Gasteiger partial charge in [-0.05, 0) is 60.5 Å². The average Bonchev–Trinajstić information content (AvgIpc) is 3.28. The van der Waals surface area contributed by atoms with E-state index < -0.39 is 15.7 Å². The van der Waals surface area contributed by atoms with Gasteiger partial charge in [-0.15, -0.1) is 0 Å². The third-order valence-corrected chi connectivity index (χ3v) is 8.06. The normalized spacial score (nSPS) is 11.5. The third kappa shape index (κ3) is 5.40. The van der Waals surface area contributed by atoms with Crippen LogP contribution in [0.15, 0.2) is 71.9 Å². The highest BCUT2D eigenvalue weighted by atomic mass is 32.2. The summed E-state index contributed by atoms with van der Waals surface area (Å²) in [5.74, 6) is -0.362. The minimum atomic E-state index is -3.55. The molecule has 0 saturated heterocycles. The molecule has 0 aliphatic carbocycles. The number of para-hydroxylation sites is 1. The Morgan fingerprint density at radius 3 is 2.50 bits per heavy atom. The van der Waals surface area contributed by atoms with Crippen molar-refractivity contribution in [3.8, 4) is 5.75 Å². The van der Waals surface area contributed by atoms with E-state index in [2.05, 4.69) is 9.97 Å². The number of hydrogen-bond acceptors (Lipinski definition) is 7. The summed E-state index contributed by atoms with van der Waals surface area (Å²) in [6.07, 6.45) is 3.38. The number of anilines is 1. The lowest BCUT2D eigenvalue weighted by atomic mass is 10.2. The first-order valence-electron chi connectivity index (χ1n) is 10.5. The molecular formula is C24H22FN3O4S2. The van der Waals surface area contributed by atoms with Gasteiger partial charge in [0.05, 0.1) is 29.0 Å². The SMILES string of the molecule is COc1ccc(S(=O)(=O)CCCC(=O)N(Cc2ccncc2)c2nc3c(F)cccc3s2)cc1. The van der Waals surface area contributed by atoms with E-state index in [0.29, 0.717) is 15.6 Å². The predicted molar refractivity (Wildman–Crippen MR) is 129 cm³/mol. The second-order valence-corrected chi connectivity index (χ2v) is 10.6. The van der Waals surface area contributed by atoms with E-state index in [0.717, 1.165) is 5.56 Å². The monoisotopic (exact) mass is 499 g/mol. The summed E-state index contributed by atoms with van der Waals surface area (Å²) in [5, 5.41) is 0.361. The van der Waals surface area contributed by atoms with Crippen LogP contribution in [0.1, 0.15) is 18.4 Å². The number of rotatable bonds is 9. The second kappa shape index (κ2) is 10.3. The van der Waals surface area contributed by atoms with Crippen molar-refractivity contribution in [2.24, 2.45) is 0 Å². The van der Waals surface area contributed by atoms with Crippen LogP contribution in [-0.4, -0.2) is 37.2 Å². The molecule has 0 unspecified atom stereocenters. The predicted octanol–water partition coefficient (Wildman–Crippen LogP) is 4.63. The quantitative estimate of drug-likeness (QED) is 0.334. The van der Waals surface area contributed by atoms with Gasteiger partial charge in [-0.25, -0.2) is 17.8 Å². The molecule has 34 heavy (non-hydrogen) atoms. The number of carbonyl (C=O) groups is 1. The van der Waals surface area contributed by atoms with Crippen LogP contribution >= 0.6 is 11.3 Å². The van der Waals surface area contributed by atoms with Crippen molar-refractivity contribution in [1.82, 2.24) is 9.97 Å².